The molecule has 138 valence electrons. The molecule has 26 heavy (non-hydrogen) atoms. The minimum Gasteiger partial charge on any atom is -0.323 e. The van der Waals surface area contributed by atoms with Gasteiger partial charge in [0.15, 0.2) is 0 Å². The van der Waals surface area contributed by atoms with Crippen LogP contribution in [0.2, 0.25) is 0 Å². The number of carbonyl (C=O) groups excluding carboxylic acids is 1. The summed E-state index contributed by atoms with van der Waals surface area (Å²) in [5.74, 6) is 0.00780. The van der Waals surface area contributed by atoms with Gasteiger partial charge in [0, 0.05) is 47.9 Å². The van der Waals surface area contributed by atoms with Crippen molar-refractivity contribution in [3.05, 3.63) is 56.7 Å². The maximum absolute atomic E-state index is 12.4. The van der Waals surface area contributed by atoms with Gasteiger partial charge in [-0.15, -0.1) is 0 Å². The average Bonchev–Trinajstić information content (AvgIpc) is 2.61. The number of hydrogen-bond donors (Lipinski definition) is 1. The molecule has 0 atom stereocenters. The number of anilines is 1. The second-order valence-corrected chi connectivity index (χ2v) is 8.23. The molecule has 1 saturated heterocycles. The molecule has 1 aromatic carbocycles. The molecule has 2 heterocycles. The minimum absolute atomic E-state index is 0.00780. The molecule has 0 unspecified atom stereocenters. The molecular weight excluding hydrogens is 460 g/mol. The van der Waals surface area contributed by atoms with Gasteiger partial charge in [0.25, 0.3) is 0 Å². The lowest BCUT2D eigenvalue weighted by molar-refractivity contribution is -0.117. The highest BCUT2D eigenvalue weighted by Crippen LogP contribution is 2.32. The lowest BCUT2D eigenvalue weighted by Crippen LogP contribution is -2.48. The summed E-state index contributed by atoms with van der Waals surface area (Å²) in [7, 11) is 0. The van der Waals surface area contributed by atoms with Gasteiger partial charge in [-0.25, -0.2) is 0 Å². The predicted octanol–water partition coefficient (Wildman–Crippen LogP) is 3.67. The van der Waals surface area contributed by atoms with Gasteiger partial charge in [-0.05, 0) is 68.6 Å². The van der Waals surface area contributed by atoms with Gasteiger partial charge in [-0.1, -0.05) is 6.07 Å². The third kappa shape index (κ3) is 5.36. The van der Waals surface area contributed by atoms with Crippen LogP contribution in [0.5, 0.6) is 0 Å². The fourth-order valence-corrected chi connectivity index (χ4v) is 4.64. The smallest absolute Gasteiger partial charge is 0.238 e. The molecule has 7 heteroatoms. The predicted molar refractivity (Wildman–Crippen MR) is 111 cm³/mol. The van der Waals surface area contributed by atoms with Gasteiger partial charge < -0.3 is 5.32 Å². The van der Waals surface area contributed by atoms with Crippen molar-refractivity contribution in [1.29, 1.82) is 0 Å². The Hall–Kier alpha value is -1.28. The van der Waals surface area contributed by atoms with Crippen LogP contribution in [-0.2, 0) is 11.3 Å². The Morgan fingerprint density at radius 2 is 1.77 bits per heavy atom. The number of nitrogens with one attached hydrogen (secondary N) is 1. The zero-order valence-electron chi connectivity index (χ0n) is 14.7. The summed E-state index contributed by atoms with van der Waals surface area (Å²) in [5, 5.41) is 3.01. The molecule has 1 fully saturated rings. The Bertz CT molecular complexity index is 738. The minimum atomic E-state index is 0.00780. The van der Waals surface area contributed by atoms with E-state index in [1.54, 1.807) is 0 Å². The Labute approximate surface area is 171 Å². The van der Waals surface area contributed by atoms with Crippen LogP contribution in [0.15, 0.2) is 45.5 Å². The van der Waals surface area contributed by atoms with E-state index >= 15 is 0 Å². The number of amides is 1. The number of hydrogen-bond acceptors (Lipinski definition) is 4. The molecule has 0 radical (unpaired) electrons. The van der Waals surface area contributed by atoms with Crippen LogP contribution < -0.4 is 5.32 Å². The summed E-state index contributed by atoms with van der Waals surface area (Å²) in [5.41, 5.74) is 3.01. The highest BCUT2D eigenvalue weighted by Gasteiger charge is 2.20. The molecule has 0 saturated carbocycles. The standard InChI is InChI=1S/C19H22Br2N4O/c1-14-10-16(20)19(17(21)11-14)23-18(26)13-25-8-6-24(7-9-25)12-15-4-2-3-5-22-15/h2-5,10-11H,6-9,12-13H2,1H3,(H,23,26). The van der Waals surface area contributed by atoms with Gasteiger partial charge in [0.05, 0.1) is 17.9 Å². The largest absolute Gasteiger partial charge is 0.323 e. The first-order valence-electron chi connectivity index (χ1n) is 8.61. The normalized spacial score (nSPS) is 15.8. The average molecular weight is 482 g/mol. The number of aryl methyl sites for hydroxylation is 1. The fourth-order valence-electron chi connectivity index (χ4n) is 3.03. The second-order valence-electron chi connectivity index (χ2n) is 6.53. The zero-order chi connectivity index (χ0) is 18.5. The summed E-state index contributed by atoms with van der Waals surface area (Å²) >= 11 is 7.04. The monoisotopic (exact) mass is 480 g/mol. The Morgan fingerprint density at radius 3 is 2.38 bits per heavy atom. The number of benzene rings is 1. The number of halogens is 2. The zero-order valence-corrected chi connectivity index (χ0v) is 17.9. The van der Waals surface area contributed by atoms with Crippen molar-refractivity contribution in [2.75, 3.05) is 38.0 Å². The van der Waals surface area contributed by atoms with E-state index in [4.69, 9.17) is 0 Å². The van der Waals surface area contributed by atoms with Crippen LogP contribution in [0.3, 0.4) is 0 Å². The van der Waals surface area contributed by atoms with Crippen LogP contribution in [0.25, 0.3) is 0 Å². The van der Waals surface area contributed by atoms with Crippen LogP contribution in [0, 0.1) is 6.92 Å². The number of piperazine rings is 1. The van der Waals surface area contributed by atoms with E-state index in [9.17, 15) is 4.79 Å². The first-order chi connectivity index (χ1) is 12.5. The molecule has 1 N–H and O–H groups in total. The van der Waals surface area contributed by atoms with Gasteiger partial charge in [0.2, 0.25) is 5.91 Å². The van der Waals surface area contributed by atoms with E-state index in [-0.39, 0.29) is 5.91 Å². The maximum Gasteiger partial charge on any atom is 0.238 e. The molecule has 1 aliphatic rings. The molecule has 2 aromatic rings. The highest BCUT2D eigenvalue weighted by molar-refractivity contribution is 9.11. The molecule has 0 aliphatic carbocycles. The van der Waals surface area contributed by atoms with E-state index in [0.29, 0.717) is 6.54 Å². The third-order valence-corrected chi connectivity index (χ3v) is 5.65. The van der Waals surface area contributed by atoms with Crippen LogP contribution in [0.1, 0.15) is 11.3 Å². The van der Waals surface area contributed by atoms with Crippen LogP contribution >= 0.6 is 31.9 Å². The van der Waals surface area contributed by atoms with Gasteiger partial charge in [0.1, 0.15) is 0 Å². The molecule has 1 amide bonds. The van der Waals surface area contributed by atoms with Crippen molar-refractivity contribution in [2.24, 2.45) is 0 Å². The first-order valence-corrected chi connectivity index (χ1v) is 10.2. The lowest BCUT2D eigenvalue weighted by atomic mass is 10.2. The van der Waals surface area contributed by atoms with E-state index < -0.39 is 0 Å². The number of carbonyl (C=O) groups is 1. The first kappa shape index (κ1) is 19.5. The fraction of sp³-hybridized carbons (Fsp3) is 0.368. The van der Waals surface area contributed by atoms with Gasteiger partial charge in [-0.2, -0.15) is 0 Å². The van der Waals surface area contributed by atoms with Gasteiger partial charge in [-0.3, -0.25) is 19.6 Å². The van der Waals surface area contributed by atoms with Crippen molar-refractivity contribution < 1.29 is 4.79 Å². The maximum atomic E-state index is 12.4. The van der Waals surface area contributed by atoms with Crippen molar-refractivity contribution in [1.82, 2.24) is 14.8 Å². The number of aromatic nitrogens is 1. The molecular formula is C19H22Br2N4O. The summed E-state index contributed by atoms with van der Waals surface area (Å²) in [6.07, 6.45) is 1.83. The Kier molecular flexibility index (Phi) is 6.80. The number of rotatable bonds is 5. The topological polar surface area (TPSA) is 48.5 Å². The Balaban J connectivity index is 1.48. The van der Waals surface area contributed by atoms with Crippen molar-refractivity contribution >= 4 is 43.5 Å². The molecule has 0 spiro atoms. The molecule has 3 rings (SSSR count). The molecule has 0 bridgehead atoms. The van der Waals surface area contributed by atoms with E-state index in [0.717, 1.165) is 58.6 Å². The molecule has 1 aliphatic heterocycles. The van der Waals surface area contributed by atoms with Gasteiger partial charge >= 0.3 is 0 Å². The van der Waals surface area contributed by atoms with Crippen molar-refractivity contribution in [3.63, 3.8) is 0 Å². The van der Waals surface area contributed by atoms with E-state index in [1.807, 2.05) is 37.4 Å². The van der Waals surface area contributed by atoms with Crippen LogP contribution in [-0.4, -0.2) is 53.4 Å². The third-order valence-electron chi connectivity index (χ3n) is 4.39. The van der Waals surface area contributed by atoms with Crippen molar-refractivity contribution in [2.45, 2.75) is 13.5 Å². The van der Waals surface area contributed by atoms with E-state index in [1.165, 1.54) is 0 Å². The molecule has 5 nitrogen and oxygen atoms in total. The second kappa shape index (κ2) is 9.08. The van der Waals surface area contributed by atoms with Crippen LogP contribution in [0.4, 0.5) is 5.69 Å². The summed E-state index contributed by atoms with van der Waals surface area (Å²) in [4.78, 5) is 21.4. The number of pyridine rings is 1. The molecule has 1 aromatic heterocycles. The summed E-state index contributed by atoms with van der Waals surface area (Å²) in [6, 6.07) is 10.00. The number of nitrogens with zero attached hydrogens (tertiary/aromatic N) is 3. The summed E-state index contributed by atoms with van der Waals surface area (Å²) in [6.45, 7) is 6.95. The Morgan fingerprint density at radius 1 is 1.12 bits per heavy atom. The lowest BCUT2D eigenvalue weighted by Gasteiger charge is -2.34. The van der Waals surface area contributed by atoms with Crippen molar-refractivity contribution in [3.8, 4) is 0 Å². The quantitative estimate of drug-likeness (QED) is 0.707. The SMILES string of the molecule is Cc1cc(Br)c(NC(=O)CN2CCN(Cc3ccccn3)CC2)c(Br)c1. The van der Waals surface area contributed by atoms with E-state index in [2.05, 4.69) is 58.0 Å². The summed E-state index contributed by atoms with van der Waals surface area (Å²) < 4.78 is 1.77. The highest BCUT2D eigenvalue weighted by atomic mass is 79.9.